The van der Waals surface area contributed by atoms with E-state index in [1.54, 1.807) is 12.1 Å². The molecule has 0 radical (unpaired) electrons. The van der Waals surface area contributed by atoms with Gasteiger partial charge in [0.1, 0.15) is 0 Å². The van der Waals surface area contributed by atoms with E-state index in [-0.39, 0.29) is 0 Å². The van der Waals surface area contributed by atoms with Crippen molar-refractivity contribution in [2.45, 2.75) is 30.2 Å². The van der Waals surface area contributed by atoms with Gasteiger partial charge in [-0.1, -0.05) is 6.07 Å². The van der Waals surface area contributed by atoms with Crippen molar-refractivity contribution in [2.24, 2.45) is 0 Å². The van der Waals surface area contributed by atoms with Crippen LogP contribution in [0.25, 0.3) is 0 Å². The normalized spacial score (nSPS) is 18.1. The van der Waals surface area contributed by atoms with Gasteiger partial charge < -0.3 is 10.2 Å². The van der Waals surface area contributed by atoms with Crippen LogP contribution in [0, 0.1) is 0 Å². The van der Waals surface area contributed by atoms with E-state index in [0.29, 0.717) is 17.5 Å². The Hall–Kier alpha value is -1.11. The van der Waals surface area contributed by atoms with Crippen LogP contribution in [0.4, 0.5) is 5.69 Å². The van der Waals surface area contributed by atoms with E-state index in [4.69, 9.17) is 0 Å². The Kier molecular flexibility index (Phi) is 3.70. The number of nitrogens with one attached hydrogen (secondary N) is 2. The lowest BCUT2D eigenvalue weighted by Gasteiger charge is -2.16. The number of anilines is 1. The fourth-order valence-electron chi connectivity index (χ4n) is 2.57. The highest BCUT2D eigenvalue weighted by Crippen LogP contribution is 2.26. The molecule has 2 N–H and O–H groups in total. The van der Waals surface area contributed by atoms with Crippen LogP contribution in [0.1, 0.15) is 18.4 Å². The van der Waals surface area contributed by atoms with Gasteiger partial charge in [-0.3, -0.25) is 0 Å². The Morgan fingerprint density at radius 3 is 2.95 bits per heavy atom. The zero-order valence-corrected chi connectivity index (χ0v) is 12.5. The van der Waals surface area contributed by atoms with Crippen molar-refractivity contribution in [3.63, 3.8) is 0 Å². The quantitative estimate of drug-likeness (QED) is 0.823. The standard InChI is InChI=1S/C14H21N3O2S/c1-17(12-3-4-12)9-8-16-20(18,19)13-5-2-11-6-7-15-14(11)10-13/h2,5,10,12,15-16H,3-4,6-9H2,1H3. The van der Waals surface area contributed by atoms with E-state index in [9.17, 15) is 8.42 Å². The van der Waals surface area contributed by atoms with Gasteiger partial charge in [0.05, 0.1) is 4.90 Å². The number of benzene rings is 1. The van der Waals surface area contributed by atoms with E-state index in [2.05, 4.69) is 14.9 Å². The summed E-state index contributed by atoms with van der Waals surface area (Å²) in [5, 5.41) is 3.21. The van der Waals surface area contributed by atoms with Crippen LogP contribution in [-0.2, 0) is 16.4 Å². The highest BCUT2D eigenvalue weighted by molar-refractivity contribution is 7.89. The summed E-state index contributed by atoms with van der Waals surface area (Å²) in [6, 6.07) is 5.98. The van der Waals surface area contributed by atoms with Crippen molar-refractivity contribution >= 4 is 15.7 Å². The first-order chi connectivity index (χ1) is 9.56. The molecule has 20 heavy (non-hydrogen) atoms. The number of fused-ring (bicyclic) bond motifs is 1. The molecule has 0 saturated heterocycles. The Balaban J connectivity index is 1.62. The maximum atomic E-state index is 12.2. The zero-order valence-electron chi connectivity index (χ0n) is 11.7. The largest absolute Gasteiger partial charge is 0.384 e. The summed E-state index contributed by atoms with van der Waals surface area (Å²) in [5.74, 6) is 0. The molecule has 0 amide bonds. The second-order valence-electron chi connectivity index (χ2n) is 5.61. The number of likely N-dealkylation sites (N-methyl/N-ethyl adjacent to an activating group) is 1. The molecular formula is C14H21N3O2S. The minimum Gasteiger partial charge on any atom is -0.384 e. The summed E-state index contributed by atoms with van der Waals surface area (Å²) in [6.45, 7) is 2.10. The summed E-state index contributed by atoms with van der Waals surface area (Å²) in [4.78, 5) is 2.56. The summed E-state index contributed by atoms with van der Waals surface area (Å²) >= 11 is 0. The Morgan fingerprint density at radius 2 is 2.20 bits per heavy atom. The maximum absolute atomic E-state index is 12.2. The molecule has 6 heteroatoms. The number of hydrogen-bond acceptors (Lipinski definition) is 4. The van der Waals surface area contributed by atoms with Crippen LogP contribution in [0.5, 0.6) is 0 Å². The van der Waals surface area contributed by atoms with E-state index < -0.39 is 10.0 Å². The fourth-order valence-corrected chi connectivity index (χ4v) is 3.62. The summed E-state index contributed by atoms with van der Waals surface area (Å²) in [7, 11) is -1.35. The molecule has 0 aromatic heterocycles. The minimum atomic E-state index is -3.40. The Morgan fingerprint density at radius 1 is 1.40 bits per heavy atom. The third kappa shape index (κ3) is 2.97. The molecular weight excluding hydrogens is 274 g/mol. The first-order valence-electron chi connectivity index (χ1n) is 7.13. The number of sulfonamides is 1. The number of hydrogen-bond donors (Lipinski definition) is 2. The van der Waals surface area contributed by atoms with Crippen LogP contribution >= 0.6 is 0 Å². The monoisotopic (exact) mass is 295 g/mol. The maximum Gasteiger partial charge on any atom is 0.240 e. The molecule has 110 valence electrons. The molecule has 1 aromatic rings. The molecule has 1 heterocycles. The molecule has 0 spiro atoms. The van der Waals surface area contributed by atoms with Gasteiger partial charge in [0, 0.05) is 31.4 Å². The third-order valence-corrected chi connectivity index (χ3v) is 5.49. The van der Waals surface area contributed by atoms with Gasteiger partial charge in [-0.25, -0.2) is 13.1 Å². The molecule has 1 aromatic carbocycles. The van der Waals surface area contributed by atoms with Crippen molar-refractivity contribution in [3.8, 4) is 0 Å². The highest BCUT2D eigenvalue weighted by Gasteiger charge is 2.26. The van der Waals surface area contributed by atoms with Crippen LogP contribution in [-0.4, -0.2) is 46.0 Å². The van der Waals surface area contributed by atoms with Gasteiger partial charge in [-0.15, -0.1) is 0 Å². The van der Waals surface area contributed by atoms with Crippen LogP contribution in [0.2, 0.25) is 0 Å². The van der Waals surface area contributed by atoms with Crippen LogP contribution in [0.3, 0.4) is 0 Å². The molecule has 1 aliphatic heterocycles. The Labute approximate surface area is 120 Å². The SMILES string of the molecule is CN(CCNS(=O)(=O)c1ccc2c(c1)NCC2)C1CC1. The molecule has 0 atom stereocenters. The predicted octanol–water partition coefficient (Wildman–Crippen LogP) is 1.03. The van der Waals surface area contributed by atoms with E-state index >= 15 is 0 Å². The molecule has 1 aliphatic carbocycles. The van der Waals surface area contributed by atoms with Gasteiger partial charge >= 0.3 is 0 Å². The van der Waals surface area contributed by atoms with Crippen molar-refractivity contribution in [1.29, 1.82) is 0 Å². The van der Waals surface area contributed by atoms with E-state index in [1.807, 2.05) is 13.1 Å². The predicted molar refractivity (Wildman–Crippen MR) is 79.5 cm³/mol. The summed E-state index contributed by atoms with van der Waals surface area (Å²) in [5.41, 5.74) is 2.14. The van der Waals surface area contributed by atoms with Crippen molar-refractivity contribution < 1.29 is 8.42 Å². The lowest BCUT2D eigenvalue weighted by Crippen LogP contribution is -2.34. The molecule has 2 aliphatic rings. The second-order valence-corrected chi connectivity index (χ2v) is 7.37. The highest BCUT2D eigenvalue weighted by atomic mass is 32.2. The Bertz CT molecular complexity index is 596. The zero-order chi connectivity index (χ0) is 14.2. The number of rotatable bonds is 6. The lowest BCUT2D eigenvalue weighted by atomic mass is 10.2. The second kappa shape index (κ2) is 5.35. The van der Waals surface area contributed by atoms with Crippen molar-refractivity contribution in [3.05, 3.63) is 23.8 Å². The van der Waals surface area contributed by atoms with Crippen molar-refractivity contribution in [2.75, 3.05) is 32.0 Å². The molecule has 0 unspecified atom stereocenters. The lowest BCUT2D eigenvalue weighted by molar-refractivity contribution is 0.329. The minimum absolute atomic E-state index is 0.347. The van der Waals surface area contributed by atoms with Crippen molar-refractivity contribution in [1.82, 2.24) is 9.62 Å². The number of nitrogens with zero attached hydrogens (tertiary/aromatic N) is 1. The molecule has 0 bridgehead atoms. The molecule has 3 rings (SSSR count). The molecule has 1 fully saturated rings. The van der Waals surface area contributed by atoms with Crippen LogP contribution in [0.15, 0.2) is 23.1 Å². The summed E-state index contributed by atoms with van der Waals surface area (Å²) < 4.78 is 27.2. The van der Waals surface area contributed by atoms with Gasteiger partial charge in [-0.05, 0) is 44.0 Å². The van der Waals surface area contributed by atoms with Gasteiger partial charge in [-0.2, -0.15) is 0 Å². The van der Waals surface area contributed by atoms with Gasteiger partial charge in [0.15, 0.2) is 0 Å². The molecule has 5 nitrogen and oxygen atoms in total. The topological polar surface area (TPSA) is 61.4 Å². The van der Waals surface area contributed by atoms with E-state index in [1.165, 1.54) is 18.4 Å². The van der Waals surface area contributed by atoms with E-state index in [0.717, 1.165) is 25.2 Å². The summed E-state index contributed by atoms with van der Waals surface area (Å²) in [6.07, 6.45) is 3.44. The van der Waals surface area contributed by atoms with Gasteiger partial charge in [0.25, 0.3) is 0 Å². The first-order valence-corrected chi connectivity index (χ1v) is 8.61. The fraction of sp³-hybridized carbons (Fsp3) is 0.571. The average molecular weight is 295 g/mol. The third-order valence-electron chi connectivity index (χ3n) is 4.03. The first kappa shape index (κ1) is 13.9. The van der Waals surface area contributed by atoms with Crippen LogP contribution < -0.4 is 10.0 Å². The average Bonchev–Trinajstić information content (AvgIpc) is 3.16. The molecule has 1 saturated carbocycles. The van der Waals surface area contributed by atoms with Gasteiger partial charge in [0.2, 0.25) is 10.0 Å². The smallest absolute Gasteiger partial charge is 0.240 e.